The van der Waals surface area contributed by atoms with Crippen LogP contribution in [-0.4, -0.2) is 62.5 Å². The van der Waals surface area contributed by atoms with Crippen molar-refractivity contribution in [2.45, 2.75) is 38.9 Å². The van der Waals surface area contributed by atoms with Gasteiger partial charge in [0.1, 0.15) is 37.9 Å². The molecule has 0 bridgehead atoms. The number of ether oxygens (including phenoxy) is 6. The summed E-state index contributed by atoms with van der Waals surface area (Å²) in [5.41, 5.74) is 3.80. The first-order valence-corrected chi connectivity index (χ1v) is 13.7. The van der Waals surface area contributed by atoms with Crippen molar-refractivity contribution in [2.24, 2.45) is 0 Å². The molecule has 2 aromatic rings. The van der Waals surface area contributed by atoms with Crippen molar-refractivity contribution in [1.82, 2.24) is 0 Å². The van der Waals surface area contributed by atoms with E-state index in [4.69, 9.17) is 28.4 Å². The highest BCUT2D eigenvalue weighted by Gasteiger charge is 2.19. The average molecular weight is 607 g/mol. The van der Waals surface area contributed by atoms with Crippen molar-refractivity contribution in [3.8, 4) is 11.5 Å². The number of esters is 4. The van der Waals surface area contributed by atoms with Crippen molar-refractivity contribution >= 4 is 23.9 Å². The first-order valence-electron chi connectivity index (χ1n) is 13.7. The lowest BCUT2D eigenvalue weighted by molar-refractivity contribution is -0.154. The largest absolute Gasteiger partial charge is 0.489 e. The Balaban J connectivity index is 2.08. The molecule has 0 aliphatic rings. The number of benzene rings is 2. The molecule has 2 atom stereocenters. The number of hydrogen-bond acceptors (Lipinski definition) is 10. The number of rotatable bonds is 18. The molecule has 234 valence electrons. The van der Waals surface area contributed by atoms with Crippen LogP contribution in [0.1, 0.15) is 35.1 Å². The second-order valence-electron chi connectivity index (χ2n) is 9.59. The van der Waals surface area contributed by atoms with Crippen LogP contribution in [0.2, 0.25) is 0 Å². The molecular weight excluding hydrogens is 568 g/mol. The van der Waals surface area contributed by atoms with E-state index >= 15 is 0 Å². The third kappa shape index (κ3) is 11.3. The lowest BCUT2D eigenvalue weighted by Gasteiger charge is -2.20. The molecule has 0 saturated carbocycles. The number of hydrogen-bond donors (Lipinski definition) is 0. The first-order chi connectivity index (χ1) is 21.0. The van der Waals surface area contributed by atoms with E-state index in [0.29, 0.717) is 11.5 Å². The minimum absolute atomic E-state index is 0.0229. The highest BCUT2D eigenvalue weighted by molar-refractivity contribution is 5.82. The minimum atomic E-state index is -0.836. The number of carbonyl (C=O) groups excluding carboxylic acids is 4. The highest BCUT2D eigenvalue weighted by atomic mass is 16.6. The Labute approximate surface area is 257 Å². The summed E-state index contributed by atoms with van der Waals surface area (Å²) in [7, 11) is 0. The quantitative estimate of drug-likeness (QED) is 0.132. The van der Waals surface area contributed by atoms with Gasteiger partial charge in [-0.05, 0) is 48.2 Å². The normalized spacial score (nSPS) is 12.3. The molecule has 10 heteroatoms. The van der Waals surface area contributed by atoms with Crippen LogP contribution in [0.25, 0.3) is 0 Å². The second-order valence-corrected chi connectivity index (χ2v) is 9.59. The minimum Gasteiger partial charge on any atom is -0.489 e. The van der Waals surface area contributed by atoms with E-state index in [0.717, 1.165) is 46.6 Å². The molecule has 2 unspecified atom stereocenters. The monoisotopic (exact) mass is 606 g/mol. The van der Waals surface area contributed by atoms with Crippen LogP contribution in [0.5, 0.6) is 11.5 Å². The zero-order valence-corrected chi connectivity index (χ0v) is 25.2. The fourth-order valence-electron chi connectivity index (χ4n) is 3.89. The fraction of sp³-hybridized carbons (Fsp3) is 0.294. The van der Waals surface area contributed by atoms with Gasteiger partial charge in [-0.2, -0.15) is 0 Å². The Morgan fingerprint density at radius 2 is 0.977 bits per heavy atom. The van der Waals surface area contributed by atoms with E-state index in [1.807, 2.05) is 50.2 Å². The molecule has 0 aliphatic carbocycles. The summed E-state index contributed by atoms with van der Waals surface area (Å²) in [6, 6.07) is 11.6. The van der Waals surface area contributed by atoms with E-state index in [1.165, 1.54) is 0 Å². The maximum absolute atomic E-state index is 11.7. The summed E-state index contributed by atoms with van der Waals surface area (Å²) in [5, 5.41) is 0. The molecule has 2 rings (SSSR count). The maximum Gasteiger partial charge on any atom is 0.330 e. The molecule has 44 heavy (non-hydrogen) atoms. The van der Waals surface area contributed by atoms with E-state index in [-0.39, 0.29) is 32.3 Å². The van der Waals surface area contributed by atoms with Crippen molar-refractivity contribution in [2.75, 3.05) is 26.4 Å². The van der Waals surface area contributed by atoms with Crippen LogP contribution in [0, 0.1) is 13.8 Å². The van der Waals surface area contributed by atoms with Crippen LogP contribution >= 0.6 is 0 Å². The zero-order chi connectivity index (χ0) is 32.6. The Morgan fingerprint density at radius 3 is 1.30 bits per heavy atom. The fourth-order valence-corrected chi connectivity index (χ4v) is 3.89. The van der Waals surface area contributed by atoms with Gasteiger partial charge < -0.3 is 28.4 Å². The summed E-state index contributed by atoms with van der Waals surface area (Å²) in [5.74, 6) is -1.41. The standard InChI is InChI=1S/C34H38O10/c1-8-31(35)41-20-27(43-33(37)10-3)18-39-29-14-12-25(16-22(29)5)24(7)26-13-15-30(23(6)17-26)40-19-28(44-34(38)11-4)21-42-32(36)9-2/h8-17,24,27-28H,1-4,18-21H2,5-7H3. The predicted molar refractivity (Wildman–Crippen MR) is 163 cm³/mol. The molecule has 0 saturated heterocycles. The summed E-state index contributed by atoms with van der Waals surface area (Å²) < 4.78 is 32.2. The van der Waals surface area contributed by atoms with Gasteiger partial charge in [0.25, 0.3) is 0 Å². The molecule has 0 heterocycles. The highest BCUT2D eigenvalue weighted by Crippen LogP contribution is 2.31. The molecular formula is C34H38O10. The van der Waals surface area contributed by atoms with Crippen LogP contribution in [0.3, 0.4) is 0 Å². The van der Waals surface area contributed by atoms with Gasteiger partial charge in [-0.1, -0.05) is 57.5 Å². The molecule has 0 N–H and O–H groups in total. The van der Waals surface area contributed by atoms with Gasteiger partial charge in [0.05, 0.1) is 0 Å². The first kappa shape index (κ1) is 35.1. The van der Waals surface area contributed by atoms with E-state index < -0.39 is 36.1 Å². The number of carbonyl (C=O) groups is 4. The molecule has 0 aromatic heterocycles. The average Bonchev–Trinajstić information content (AvgIpc) is 3.03. The topological polar surface area (TPSA) is 124 Å². The van der Waals surface area contributed by atoms with E-state index in [2.05, 4.69) is 33.2 Å². The van der Waals surface area contributed by atoms with Crippen molar-refractivity contribution in [3.05, 3.63) is 109 Å². The van der Waals surface area contributed by atoms with Crippen LogP contribution in [-0.2, 0) is 38.1 Å². The predicted octanol–water partition coefficient (Wildman–Crippen LogP) is 4.87. The third-order valence-electron chi connectivity index (χ3n) is 6.30. The third-order valence-corrected chi connectivity index (χ3v) is 6.30. The lowest BCUT2D eigenvalue weighted by atomic mass is 9.91. The van der Waals surface area contributed by atoms with Gasteiger partial charge in [0, 0.05) is 30.2 Å². The van der Waals surface area contributed by atoms with Crippen LogP contribution in [0.15, 0.2) is 87.0 Å². The van der Waals surface area contributed by atoms with Crippen LogP contribution < -0.4 is 9.47 Å². The van der Waals surface area contributed by atoms with Crippen LogP contribution in [0.4, 0.5) is 0 Å². The molecule has 0 spiro atoms. The van der Waals surface area contributed by atoms with Crippen molar-refractivity contribution < 1.29 is 47.6 Å². The molecule has 2 aromatic carbocycles. The zero-order valence-electron chi connectivity index (χ0n) is 25.2. The molecule has 0 radical (unpaired) electrons. The van der Waals surface area contributed by atoms with Gasteiger partial charge in [-0.3, -0.25) is 0 Å². The second kappa shape index (κ2) is 17.7. The van der Waals surface area contributed by atoms with Crippen molar-refractivity contribution in [1.29, 1.82) is 0 Å². The Bertz CT molecular complexity index is 1270. The summed E-state index contributed by atoms with van der Waals surface area (Å²) in [6.07, 6.45) is 2.41. The molecule has 0 amide bonds. The van der Waals surface area contributed by atoms with Gasteiger partial charge in [-0.25, -0.2) is 19.2 Å². The lowest BCUT2D eigenvalue weighted by Crippen LogP contribution is -2.30. The SMILES string of the molecule is C=CC(=O)OCC(COc1ccc(C(C)c2ccc(OCC(COC(=O)C=C)OC(=O)C=C)c(C)c2)cc1C)OC(=O)C=C. The van der Waals surface area contributed by atoms with Gasteiger partial charge in [0.15, 0.2) is 12.2 Å². The van der Waals surface area contributed by atoms with E-state index in [9.17, 15) is 19.2 Å². The van der Waals surface area contributed by atoms with E-state index in [1.54, 1.807) is 0 Å². The summed E-state index contributed by atoms with van der Waals surface area (Å²) in [4.78, 5) is 46.2. The summed E-state index contributed by atoms with van der Waals surface area (Å²) in [6.45, 7) is 18.9. The molecule has 10 nitrogen and oxygen atoms in total. The number of aryl methyl sites for hydroxylation is 2. The Kier molecular flexibility index (Phi) is 14.1. The maximum atomic E-state index is 11.7. The van der Waals surface area contributed by atoms with Gasteiger partial charge in [-0.15, -0.1) is 0 Å². The Morgan fingerprint density at radius 1 is 0.614 bits per heavy atom. The summed E-state index contributed by atoms with van der Waals surface area (Å²) >= 11 is 0. The van der Waals surface area contributed by atoms with Gasteiger partial charge >= 0.3 is 23.9 Å². The molecule has 0 fully saturated rings. The Hall–Kier alpha value is -5.12. The smallest absolute Gasteiger partial charge is 0.330 e. The van der Waals surface area contributed by atoms with Crippen molar-refractivity contribution in [3.63, 3.8) is 0 Å². The van der Waals surface area contributed by atoms with Gasteiger partial charge in [0.2, 0.25) is 0 Å². The molecule has 0 aliphatic heterocycles.